The summed E-state index contributed by atoms with van der Waals surface area (Å²) >= 11 is 0. The van der Waals surface area contributed by atoms with E-state index in [4.69, 9.17) is 10.5 Å². The van der Waals surface area contributed by atoms with Gasteiger partial charge in [0, 0.05) is 6.04 Å². The van der Waals surface area contributed by atoms with E-state index in [2.05, 4.69) is 0 Å². The average Bonchev–Trinajstić information content (AvgIpc) is 2.03. The first kappa shape index (κ1) is 9.07. The van der Waals surface area contributed by atoms with Crippen LogP contribution in [0.3, 0.4) is 0 Å². The third-order valence-corrected chi connectivity index (χ3v) is 1.97. The fourth-order valence-corrected chi connectivity index (χ4v) is 1.29. The molecule has 66 valence electrons. The van der Waals surface area contributed by atoms with Gasteiger partial charge in [0.05, 0.1) is 7.11 Å². The molecule has 1 aromatic rings. The summed E-state index contributed by atoms with van der Waals surface area (Å²) in [5.74, 6) is 0.886. The van der Waals surface area contributed by atoms with Gasteiger partial charge in [-0.25, -0.2) is 0 Å². The Morgan fingerprint density at radius 1 is 1.42 bits per heavy atom. The lowest BCUT2D eigenvalue weighted by molar-refractivity contribution is 0.414. The van der Waals surface area contributed by atoms with Crippen LogP contribution in [0.4, 0.5) is 0 Å². The molecule has 2 N–H and O–H groups in total. The first-order valence-corrected chi connectivity index (χ1v) is 4.05. The highest BCUT2D eigenvalue weighted by atomic mass is 16.5. The highest BCUT2D eigenvalue weighted by molar-refractivity contribution is 5.36. The van der Waals surface area contributed by atoms with Crippen molar-refractivity contribution in [3.8, 4) is 5.75 Å². The van der Waals surface area contributed by atoms with E-state index in [-0.39, 0.29) is 6.04 Å². The molecule has 0 heterocycles. The van der Waals surface area contributed by atoms with Gasteiger partial charge in [0.1, 0.15) is 5.75 Å². The van der Waals surface area contributed by atoms with Gasteiger partial charge in [-0.3, -0.25) is 0 Å². The monoisotopic (exact) mass is 165 g/mol. The molecule has 2 nitrogen and oxygen atoms in total. The number of hydrogen-bond acceptors (Lipinski definition) is 2. The van der Waals surface area contributed by atoms with E-state index in [1.165, 1.54) is 11.1 Å². The molecule has 0 saturated heterocycles. The first-order chi connectivity index (χ1) is 5.65. The largest absolute Gasteiger partial charge is 0.497 e. The Balaban J connectivity index is 3.03. The molecule has 0 bridgehead atoms. The molecule has 0 amide bonds. The Labute approximate surface area is 73.3 Å². The third kappa shape index (κ3) is 1.77. The van der Waals surface area contributed by atoms with Gasteiger partial charge in [-0.05, 0) is 37.1 Å². The van der Waals surface area contributed by atoms with E-state index in [1.807, 2.05) is 32.0 Å². The maximum Gasteiger partial charge on any atom is 0.119 e. The maximum absolute atomic E-state index is 5.77. The normalized spacial score (nSPS) is 12.7. The van der Waals surface area contributed by atoms with Crippen LogP contribution >= 0.6 is 0 Å². The number of ether oxygens (including phenoxy) is 1. The van der Waals surface area contributed by atoms with E-state index in [9.17, 15) is 0 Å². The van der Waals surface area contributed by atoms with Crippen LogP contribution in [-0.4, -0.2) is 7.11 Å². The van der Waals surface area contributed by atoms with E-state index in [0.717, 1.165) is 5.75 Å². The van der Waals surface area contributed by atoms with Crippen molar-refractivity contribution >= 4 is 0 Å². The second-order valence-corrected chi connectivity index (χ2v) is 3.01. The van der Waals surface area contributed by atoms with Crippen molar-refractivity contribution in [1.29, 1.82) is 0 Å². The summed E-state index contributed by atoms with van der Waals surface area (Å²) in [6.07, 6.45) is 0. The molecule has 0 aliphatic rings. The van der Waals surface area contributed by atoms with Gasteiger partial charge in [-0.15, -0.1) is 0 Å². The van der Waals surface area contributed by atoms with Gasteiger partial charge >= 0.3 is 0 Å². The lowest BCUT2D eigenvalue weighted by Gasteiger charge is -2.10. The highest BCUT2D eigenvalue weighted by Gasteiger charge is 2.03. The number of methoxy groups -OCH3 is 1. The lowest BCUT2D eigenvalue weighted by atomic mass is 10.0. The summed E-state index contributed by atoms with van der Waals surface area (Å²) in [4.78, 5) is 0. The standard InChI is InChI=1S/C10H15NO/c1-7-6-9(12-3)4-5-10(7)8(2)11/h4-6,8H,11H2,1-3H3/t8-/m0/s1. The van der Waals surface area contributed by atoms with E-state index < -0.39 is 0 Å². The fourth-order valence-electron chi connectivity index (χ4n) is 1.29. The summed E-state index contributed by atoms with van der Waals surface area (Å²) in [6, 6.07) is 6.04. The van der Waals surface area contributed by atoms with Crippen LogP contribution in [0.15, 0.2) is 18.2 Å². The second-order valence-electron chi connectivity index (χ2n) is 3.01. The Morgan fingerprint density at radius 2 is 2.08 bits per heavy atom. The predicted octanol–water partition coefficient (Wildman–Crippen LogP) is 2.02. The Morgan fingerprint density at radius 3 is 2.50 bits per heavy atom. The number of nitrogens with two attached hydrogens (primary N) is 1. The minimum Gasteiger partial charge on any atom is -0.497 e. The topological polar surface area (TPSA) is 35.2 Å². The molecule has 0 aromatic heterocycles. The van der Waals surface area contributed by atoms with Crippen LogP contribution in [0, 0.1) is 6.92 Å². The maximum atomic E-state index is 5.77. The number of rotatable bonds is 2. The predicted molar refractivity (Wildman–Crippen MR) is 50.3 cm³/mol. The van der Waals surface area contributed by atoms with Crippen molar-refractivity contribution < 1.29 is 4.74 Å². The number of aryl methyl sites for hydroxylation is 1. The van der Waals surface area contributed by atoms with Crippen molar-refractivity contribution in [2.24, 2.45) is 5.73 Å². The van der Waals surface area contributed by atoms with Gasteiger partial charge in [0.15, 0.2) is 0 Å². The molecule has 0 fully saturated rings. The zero-order chi connectivity index (χ0) is 9.14. The molecule has 0 aliphatic heterocycles. The van der Waals surface area contributed by atoms with Crippen LogP contribution < -0.4 is 10.5 Å². The first-order valence-electron chi connectivity index (χ1n) is 4.05. The Hall–Kier alpha value is -1.02. The highest BCUT2D eigenvalue weighted by Crippen LogP contribution is 2.20. The van der Waals surface area contributed by atoms with Crippen molar-refractivity contribution in [2.45, 2.75) is 19.9 Å². The van der Waals surface area contributed by atoms with Gasteiger partial charge in [-0.1, -0.05) is 6.07 Å². The van der Waals surface area contributed by atoms with Gasteiger partial charge < -0.3 is 10.5 Å². The molecular formula is C10H15NO. The van der Waals surface area contributed by atoms with Crippen molar-refractivity contribution in [2.75, 3.05) is 7.11 Å². The molecule has 0 spiro atoms. The van der Waals surface area contributed by atoms with Crippen LogP contribution in [0.5, 0.6) is 5.75 Å². The summed E-state index contributed by atoms with van der Waals surface area (Å²) in [7, 11) is 1.67. The van der Waals surface area contributed by atoms with E-state index in [1.54, 1.807) is 7.11 Å². The van der Waals surface area contributed by atoms with Crippen molar-refractivity contribution in [3.63, 3.8) is 0 Å². The van der Waals surface area contributed by atoms with Crippen LogP contribution in [0.2, 0.25) is 0 Å². The van der Waals surface area contributed by atoms with E-state index >= 15 is 0 Å². The summed E-state index contributed by atoms with van der Waals surface area (Å²) < 4.78 is 5.09. The number of benzene rings is 1. The summed E-state index contributed by atoms with van der Waals surface area (Å²) in [5, 5.41) is 0. The Bertz CT molecular complexity index is 269. The minimum absolute atomic E-state index is 0.0934. The summed E-state index contributed by atoms with van der Waals surface area (Å²) in [5.41, 5.74) is 8.13. The van der Waals surface area contributed by atoms with E-state index in [0.29, 0.717) is 0 Å². The SMILES string of the molecule is COc1ccc([C@H](C)N)c(C)c1. The van der Waals surface area contributed by atoms with Crippen molar-refractivity contribution in [3.05, 3.63) is 29.3 Å². The third-order valence-electron chi connectivity index (χ3n) is 1.97. The van der Waals surface area contributed by atoms with Crippen molar-refractivity contribution in [1.82, 2.24) is 0 Å². The molecular weight excluding hydrogens is 150 g/mol. The molecule has 2 heteroatoms. The summed E-state index contributed by atoms with van der Waals surface area (Å²) in [6.45, 7) is 4.02. The molecule has 0 radical (unpaired) electrons. The molecule has 0 unspecified atom stereocenters. The Kier molecular flexibility index (Phi) is 2.71. The molecule has 1 aromatic carbocycles. The van der Waals surface area contributed by atoms with Gasteiger partial charge in [-0.2, -0.15) is 0 Å². The average molecular weight is 165 g/mol. The fraction of sp³-hybridized carbons (Fsp3) is 0.400. The molecule has 0 saturated carbocycles. The van der Waals surface area contributed by atoms with Gasteiger partial charge in [0.2, 0.25) is 0 Å². The smallest absolute Gasteiger partial charge is 0.119 e. The second kappa shape index (κ2) is 3.59. The zero-order valence-electron chi connectivity index (χ0n) is 7.79. The molecule has 0 aliphatic carbocycles. The lowest BCUT2D eigenvalue weighted by Crippen LogP contribution is -2.06. The molecule has 1 rings (SSSR count). The van der Waals surface area contributed by atoms with Crippen LogP contribution in [0.1, 0.15) is 24.1 Å². The zero-order valence-corrected chi connectivity index (χ0v) is 7.79. The number of hydrogen-bond donors (Lipinski definition) is 1. The van der Waals surface area contributed by atoms with Crippen LogP contribution in [-0.2, 0) is 0 Å². The quantitative estimate of drug-likeness (QED) is 0.727. The van der Waals surface area contributed by atoms with Gasteiger partial charge in [0.25, 0.3) is 0 Å². The molecule has 1 atom stereocenters. The van der Waals surface area contributed by atoms with Crippen LogP contribution in [0.25, 0.3) is 0 Å². The minimum atomic E-state index is 0.0934. The molecule has 12 heavy (non-hydrogen) atoms.